The lowest BCUT2D eigenvalue weighted by atomic mass is 9.58. The minimum absolute atomic E-state index is 0.0864. The van der Waals surface area contributed by atoms with Crippen molar-refractivity contribution in [1.29, 1.82) is 0 Å². The predicted molar refractivity (Wildman–Crippen MR) is 147 cm³/mol. The van der Waals surface area contributed by atoms with Crippen LogP contribution in [0.1, 0.15) is 54.4 Å². The van der Waals surface area contributed by atoms with E-state index in [0.717, 1.165) is 38.2 Å². The van der Waals surface area contributed by atoms with Crippen molar-refractivity contribution in [3.05, 3.63) is 45.7 Å². The Kier molecular flexibility index (Phi) is 7.62. The predicted octanol–water partition coefficient (Wildman–Crippen LogP) is 1.12. The van der Waals surface area contributed by atoms with Crippen molar-refractivity contribution in [3.8, 4) is 5.75 Å². The highest BCUT2D eigenvalue weighted by atomic mass is 19.1. The Morgan fingerprint density at radius 1 is 1.14 bits per heavy atom. The van der Waals surface area contributed by atoms with Crippen molar-refractivity contribution < 1.29 is 44.0 Å². The number of nitrogens with one attached hydrogen (secondary N) is 2. The van der Waals surface area contributed by atoms with Crippen LogP contribution in [0, 0.1) is 17.7 Å². The molecule has 0 unspecified atom stereocenters. The fraction of sp³-hybridized carbons (Fsp3) is 0.517. The fourth-order valence-corrected chi connectivity index (χ4v) is 7.11. The minimum atomic E-state index is -2.80. The fourth-order valence-electron chi connectivity index (χ4n) is 7.11. The number of halogens is 1. The maximum atomic E-state index is 15.4. The van der Waals surface area contributed by atoms with Crippen LogP contribution in [0.2, 0.25) is 0 Å². The minimum Gasteiger partial charge on any atom is -0.510 e. The Bertz CT molecular complexity index is 1450. The van der Waals surface area contributed by atoms with E-state index in [1.54, 1.807) is 0 Å². The number of ketones is 2. The summed E-state index contributed by atoms with van der Waals surface area (Å²) >= 11 is 0. The van der Waals surface area contributed by atoms with Gasteiger partial charge in [0.05, 0.1) is 23.8 Å². The van der Waals surface area contributed by atoms with Gasteiger partial charge in [-0.2, -0.15) is 0 Å². The van der Waals surface area contributed by atoms with Crippen molar-refractivity contribution in [1.82, 2.24) is 10.2 Å². The smallest absolute Gasteiger partial charge is 0.255 e. The maximum Gasteiger partial charge on any atom is 0.255 e. The number of phenols is 1. The Morgan fingerprint density at radius 2 is 1.81 bits per heavy atom. The molecule has 8 N–H and O–H groups in total. The van der Waals surface area contributed by atoms with Crippen LogP contribution in [0.3, 0.4) is 0 Å². The van der Waals surface area contributed by atoms with Crippen molar-refractivity contribution >= 4 is 29.1 Å². The van der Waals surface area contributed by atoms with Gasteiger partial charge in [-0.1, -0.05) is 19.3 Å². The number of Topliss-reactive ketones (excluding diaryl/α,β-unsaturated/α-hetero) is 2. The molecular formula is C29H35FN4O8. The molecule has 4 aliphatic carbocycles. The van der Waals surface area contributed by atoms with Crippen LogP contribution in [-0.2, 0) is 20.8 Å². The first kappa shape index (κ1) is 29.7. The summed E-state index contributed by atoms with van der Waals surface area (Å²) < 4.78 is 15.4. The summed E-state index contributed by atoms with van der Waals surface area (Å²) in [7, 11) is 3.04. The molecule has 0 radical (unpaired) electrons. The van der Waals surface area contributed by atoms with E-state index >= 15 is 4.39 Å². The number of nitrogens with two attached hydrogens (primary N) is 1. The number of carbonyl (C=O) groups is 4. The average Bonchev–Trinajstić information content (AvgIpc) is 2.92. The van der Waals surface area contributed by atoms with Crippen LogP contribution in [0.25, 0.3) is 0 Å². The lowest BCUT2D eigenvalue weighted by Gasteiger charge is -2.50. The zero-order valence-electron chi connectivity index (χ0n) is 23.4. The van der Waals surface area contributed by atoms with Crippen molar-refractivity contribution in [2.24, 2.45) is 17.6 Å². The van der Waals surface area contributed by atoms with Crippen LogP contribution in [0.4, 0.5) is 10.1 Å². The summed E-state index contributed by atoms with van der Waals surface area (Å²) in [6.07, 6.45) is 4.77. The molecule has 1 fully saturated rings. The number of carbonyl (C=O) groups excluding carboxylic acids is 4. The van der Waals surface area contributed by atoms with E-state index in [-0.39, 0.29) is 36.7 Å². The van der Waals surface area contributed by atoms with Gasteiger partial charge in [-0.05, 0) is 45.7 Å². The summed E-state index contributed by atoms with van der Waals surface area (Å²) in [6, 6.07) is -0.0451. The summed E-state index contributed by atoms with van der Waals surface area (Å²) in [5, 5.41) is 50.4. The van der Waals surface area contributed by atoms with Gasteiger partial charge < -0.3 is 36.8 Å². The molecule has 0 spiro atoms. The highest BCUT2D eigenvalue weighted by Crippen LogP contribution is 2.53. The van der Waals surface area contributed by atoms with Crippen molar-refractivity contribution in [3.63, 3.8) is 0 Å². The van der Waals surface area contributed by atoms with Crippen LogP contribution in [0.15, 0.2) is 28.7 Å². The highest BCUT2D eigenvalue weighted by Gasteiger charge is 2.63. The molecule has 1 aromatic carbocycles. The first-order chi connectivity index (χ1) is 19.8. The first-order valence-electron chi connectivity index (χ1n) is 14.0. The monoisotopic (exact) mass is 586 g/mol. The number of phenolic OH excluding ortho intramolecular Hbond substituents is 1. The van der Waals surface area contributed by atoms with Gasteiger partial charge in [-0.15, -0.1) is 0 Å². The second-order valence-electron chi connectivity index (χ2n) is 11.8. The number of benzene rings is 1. The average molecular weight is 587 g/mol. The Balaban J connectivity index is 1.51. The molecule has 0 saturated heterocycles. The number of hydrogen-bond donors (Lipinski definition) is 7. The van der Waals surface area contributed by atoms with Crippen LogP contribution >= 0.6 is 0 Å². The van der Waals surface area contributed by atoms with Gasteiger partial charge in [0.2, 0.25) is 11.7 Å². The number of hydrogen-bond acceptors (Lipinski definition) is 10. The molecule has 1 aromatic rings. The molecule has 4 aliphatic rings. The van der Waals surface area contributed by atoms with Crippen LogP contribution in [-0.4, -0.2) is 87.0 Å². The van der Waals surface area contributed by atoms with Gasteiger partial charge in [0.15, 0.2) is 17.1 Å². The van der Waals surface area contributed by atoms with Crippen LogP contribution in [0.5, 0.6) is 5.75 Å². The zero-order chi connectivity index (χ0) is 30.7. The van der Waals surface area contributed by atoms with Crippen molar-refractivity contribution in [2.45, 2.75) is 62.6 Å². The molecule has 2 amide bonds. The molecule has 42 heavy (non-hydrogen) atoms. The number of nitrogens with zero attached hydrogens (tertiary/aromatic N) is 1. The van der Waals surface area contributed by atoms with Gasteiger partial charge in [-0.25, -0.2) is 4.39 Å². The van der Waals surface area contributed by atoms with E-state index in [1.165, 1.54) is 19.0 Å². The van der Waals surface area contributed by atoms with E-state index < -0.39 is 86.7 Å². The number of aromatic hydroxyl groups is 1. The third-order valence-electron chi connectivity index (χ3n) is 9.10. The number of allylic oxidation sites excluding steroid dienone is 1. The summed E-state index contributed by atoms with van der Waals surface area (Å²) in [5.41, 5.74) is 0.213. The number of rotatable bonds is 6. The number of anilines is 1. The van der Waals surface area contributed by atoms with E-state index in [2.05, 4.69) is 10.6 Å². The Labute approximate surface area is 241 Å². The third-order valence-corrected chi connectivity index (χ3v) is 9.10. The third kappa shape index (κ3) is 4.56. The normalized spacial score (nSPS) is 28.0. The number of amides is 2. The van der Waals surface area contributed by atoms with Gasteiger partial charge in [-0.3, -0.25) is 24.1 Å². The van der Waals surface area contributed by atoms with E-state index in [9.17, 15) is 39.6 Å². The number of aliphatic hydroxyl groups is 3. The molecule has 5 rings (SSSR count). The lowest BCUT2D eigenvalue weighted by molar-refractivity contribution is -0.148. The van der Waals surface area contributed by atoms with E-state index in [4.69, 9.17) is 5.73 Å². The number of aliphatic hydroxyl groups excluding tert-OH is 2. The molecule has 1 saturated carbocycles. The second-order valence-corrected chi connectivity index (χ2v) is 11.8. The molecule has 0 bridgehead atoms. The van der Waals surface area contributed by atoms with Gasteiger partial charge in [0.1, 0.15) is 22.9 Å². The summed E-state index contributed by atoms with van der Waals surface area (Å²) in [5.74, 6) is -9.70. The highest BCUT2D eigenvalue weighted by molar-refractivity contribution is 6.25. The van der Waals surface area contributed by atoms with E-state index in [0.29, 0.717) is 0 Å². The summed E-state index contributed by atoms with van der Waals surface area (Å²) in [4.78, 5) is 53.3. The molecule has 0 aliphatic heterocycles. The SMILES string of the molecule is CN(C)[C@@H]1C(O)=C(C(N)=O)C(=O)[C@@]2(O)C(O)=C3C(=O)c4c(O)c(NC(=O)CNC5CCCCC5)cc(F)c4C[C@H]3C[C@@H]12. The summed E-state index contributed by atoms with van der Waals surface area (Å²) in [6.45, 7) is -0.0864. The van der Waals surface area contributed by atoms with Gasteiger partial charge in [0, 0.05) is 29.2 Å². The topological polar surface area (TPSA) is 203 Å². The van der Waals surface area contributed by atoms with E-state index in [1.807, 2.05) is 0 Å². The first-order valence-corrected chi connectivity index (χ1v) is 14.0. The standard InChI is InChI=1S/C29H35FN4O8/c1-34(2)22-15-9-12-8-14-16(30)10-17(33-18(35)11-32-13-6-4-3-5-7-13)23(36)20(14)24(37)19(12)26(39)29(15,42)27(40)21(25(22)38)28(31)41/h10,12-13,15,22,32,36,38-39,42H,3-9,11H2,1-2H3,(H2,31,41)(H,33,35)/t12-,15-,22-,29-/m0/s1. The molecule has 0 heterocycles. The Morgan fingerprint density at radius 3 is 2.43 bits per heavy atom. The van der Waals surface area contributed by atoms with Gasteiger partial charge in [0.25, 0.3) is 5.91 Å². The lowest BCUT2D eigenvalue weighted by Crippen LogP contribution is -2.63. The largest absolute Gasteiger partial charge is 0.510 e. The zero-order valence-corrected chi connectivity index (χ0v) is 23.4. The maximum absolute atomic E-state index is 15.4. The molecule has 4 atom stereocenters. The molecule has 0 aromatic heterocycles. The number of fused-ring (bicyclic) bond motifs is 3. The molecular weight excluding hydrogens is 551 g/mol. The van der Waals surface area contributed by atoms with Crippen LogP contribution < -0.4 is 16.4 Å². The molecule has 226 valence electrons. The molecule has 13 heteroatoms. The van der Waals surface area contributed by atoms with Crippen molar-refractivity contribution in [2.75, 3.05) is 26.0 Å². The van der Waals surface area contributed by atoms with Gasteiger partial charge >= 0.3 is 0 Å². The Hall–Kier alpha value is -3.81. The second kappa shape index (κ2) is 10.8. The number of likely N-dealkylation sites (N-methyl/N-ethyl adjacent to an activating group) is 1. The quantitative estimate of drug-likeness (QED) is 0.187. The number of primary amides is 1. The molecule has 12 nitrogen and oxygen atoms in total.